The molecule has 2 aromatic rings. The number of carbonyl (C=O) groups is 3. The van der Waals surface area contributed by atoms with Gasteiger partial charge in [0, 0.05) is 16.4 Å². The van der Waals surface area contributed by atoms with Gasteiger partial charge < -0.3 is 10.6 Å². The molecule has 0 spiro atoms. The monoisotopic (exact) mass is 340 g/mol. The van der Waals surface area contributed by atoms with Crippen LogP contribution < -0.4 is 16.0 Å². The molecule has 8 heteroatoms. The van der Waals surface area contributed by atoms with Crippen molar-refractivity contribution < 1.29 is 14.4 Å². The van der Waals surface area contributed by atoms with E-state index < -0.39 is 23.4 Å². The SMILES string of the molecule is CC1(c2cccc(NC(=O)c3cscc3C#N)c2)NC(=O)NC1=O. The van der Waals surface area contributed by atoms with Crippen molar-refractivity contribution in [3.05, 3.63) is 51.7 Å². The first kappa shape index (κ1) is 15.7. The number of nitriles is 1. The molecule has 120 valence electrons. The van der Waals surface area contributed by atoms with Gasteiger partial charge in [0.25, 0.3) is 11.8 Å². The zero-order valence-electron chi connectivity index (χ0n) is 12.5. The van der Waals surface area contributed by atoms with Gasteiger partial charge in [-0.3, -0.25) is 14.9 Å². The Labute approximate surface area is 141 Å². The maximum absolute atomic E-state index is 12.3. The third kappa shape index (κ3) is 2.61. The van der Waals surface area contributed by atoms with E-state index in [1.54, 1.807) is 41.9 Å². The lowest BCUT2D eigenvalue weighted by atomic mass is 9.92. The average molecular weight is 340 g/mol. The summed E-state index contributed by atoms with van der Waals surface area (Å²) in [5, 5.41) is 19.7. The summed E-state index contributed by atoms with van der Waals surface area (Å²) in [4.78, 5) is 35.7. The zero-order valence-corrected chi connectivity index (χ0v) is 13.4. The third-order valence-corrected chi connectivity index (χ3v) is 4.51. The minimum Gasteiger partial charge on any atom is -0.322 e. The standard InChI is InChI=1S/C16H12N4O3S/c1-16(14(22)19-15(23)20-16)10-3-2-4-11(5-10)18-13(21)12-8-24-7-9(12)6-17/h2-5,7-8H,1H3,(H,18,21)(H2,19,20,22,23). The van der Waals surface area contributed by atoms with Crippen molar-refractivity contribution in [2.24, 2.45) is 0 Å². The van der Waals surface area contributed by atoms with Crippen LogP contribution in [0.3, 0.4) is 0 Å². The van der Waals surface area contributed by atoms with E-state index in [4.69, 9.17) is 5.26 Å². The van der Waals surface area contributed by atoms with Gasteiger partial charge in [-0.15, -0.1) is 0 Å². The Morgan fingerprint density at radius 3 is 2.79 bits per heavy atom. The highest BCUT2D eigenvalue weighted by Gasteiger charge is 2.43. The number of hydrogen-bond acceptors (Lipinski definition) is 5. The van der Waals surface area contributed by atoms with E-state index in [1.165, 1.54) is 11.3 Å². The second-order valence-corrected chi connectivity index (χ2v) is 6.12. The van der Waals surface area contributed by atoms with E-state index >= 15 is 0 Å². The summed E-state index contributed by atoms with van der Waals surface area (Å²) >= 11 is 1.27. The number of imide groups is 1. The summed E-state index contributed by atoms with van der Waals surface area (Å²) in [5.74, 6) is -0.865. The molecule has 1 saturated heterocycles. The van der Waals surface area contributed by atoms with Crippen molar-refractivity contribution in [2.45, 2.75) is 12.5 Å². The molecule has 1 aliphatic rings. The molecule has 1 aromatic carbocycles. The Bertz CT molecular complexity index is 899. The summed E-state index contributed by atoms with van der Waals surface area (Å²) < 4.78 is 0. The number of anilines is 1. The molecule has 0 aliphatic carbocycles. The van der Waals surface area contributed by atoms with Crippen LogP contribution in [0.1, 0.15) is 28.4 Å². The molecule has 0 radical (unpaired) electrons. The highest BCUT2D eigenvalue weighted by molar-refractivity contribution is 7.08. The topological polar surface area (TPSA) is 111 Å². The quantitative estimate of drug-likeness (QED) is 0.741. The van der Waals surface area contributed by atoms with Crippen molar-refractivity contribution in [1.82, 2.24) is 10.6 Å². The first-order chi connectivity index (χ1) is 11.4. The molecule has 0 bridgehead atoms. The van der Waals surface area contributed by atoms with Gasteiger partial charge in [0.1, 0.15) is 11.6 Å². The fourth-order valence-corrected chi connectivity index (χ4v) is 3.17. The van der Waals surface area contributed by atoms with Gasteiger partial charge in [-0.2, -0.15) is 16.6 Å². The molecule has 3 N–H and O–H groups in total. The molecule has 4 amide bonds. The number of carbonyl (C=O) groups excluding carboxylic acids is 3. The molecule has 1 aromatic heterocycles. The van der Waals surface area contributed by atoms with Crippen molar-refractivity contribution in [1.29, 1.82) is 5.26 Å². The van der Waals surface area contributed by atoms with E-state index in [-0.39, 0.29) is 0 Å². The summed E-state index contributed by atoms with van der Waals surface area (Å²) in [7, 11) is 0. The number of rotatable bonds is 3. The van der Waals surface area contributed by atoms with Crippen LogP contribution in [0.2, 0.25) is 0 Å². The van der Waals surface area contributed by atoms with Crippen LogP contribution in [-0.2, 0) is 10.3 Å². The van der Waals surface area contributed by atoms with E-state index in [0.717, 1.165) is 0 Å². The van der Waals surface area contributed by atoms with E-state index in [0.29, 0.717) is 22.4 Å². The Morgan fingerprint density at radius 1 is 1.33 bits per heavy atom. The van der Waals surface area contributed by atoms with Crippen LogP contribution in [0.4, 0.5) is 10.5 Å². The number of benzene rings is 1. The lowest BCUT2D eigenvalue weighted by Crippen LogP contribution is -2.40. The van der Waals surface area contributed by atoms with Crippen LogP contribution in [0, 0.1) is 11.3 Å². The smallest absolute Gasteiger partial charge is 0.322 e. The first-order valence-electron chi connectivity index (χ1n) is 6.96. The highest BCUT2D eigenvalue weighted by Crippen LogP contribution is 2.27. The molecule has 1 fully saturated rings. The number of urea groups is 1. The summed E-state index contributed by atoms with van der Waals surface area (Å²) in [5.41, 5.74) is 0.407. The molecule has 1 atom stereocenters. The van der Waals surface area contributed by atoms with E-state index in [2.05, 4.69) is 16.0 Å². The summed E-state index contributed by atoms with van der Waals surface area (Å²) in [6.07, 6.45) is 0. The van der Waals surface area contributed by atoms with Crippen LogP contribution in [0.15, 0.2) is 35.0 Å². The first-order valence-corrected chi connectivity index (χ1v) is 7.90. The minimum atomic E-state index is -1.20. The summed E-state index contributed by atoms with van der Waals surface area (Å²) in [6.45, 7) is 1.58. The second kappa shape index (κ2) is 5.79. The van der Waals surface area contributed by atoms with Gasteiger partial charge >= 0.3 is 6.03 Å². The summed E-state index contributed by atoms with van der Waals surface area (Å²) in [6, 6.07) is 8.04. The van der Waals surface area contributed by atoms with Gasteiger partial charge in [0.2, 0.25) is 0 Å². The Balaban J connectivity index is 1.87. The van der Waals surface area contributed by atoms with Crippen molar-refractivity contribution in [3.8, 4) is 6.07 Å². The second-order valence-electron chi connectivity index (χ2n) is 5.38. The molecule has 2 heterocycles. The predicted octanol–water partition coefficient (Wildman–Crippen LogP) is 1.93. The van der Waals surface area contributed by atoms with Gasteiger partial charge in [-0.25, -0.2) is 4.79 Å². The number of hydrogen-bond donors (Lipinski definition) is 3. The number of amides is 4. The Morgan fingerprint density at radius 2 is 2.12 bits per heavy atom. The van der Waals surface area contributed by atoms with Gasteiger partial charge in [0.15, 0.2) is 0 Å². The lowest BCUT2D eigenvalue weighted by molar-refractivity contribution is -0.123. The fraction of sp³-hybridized carbons (Fsp3) is 0.125. The van der Waals surface area contributed by atoms with Crippen LogP contribution >= 0.6 is 11.3 Å². The number of nitrogens with one attached hydrogen (secondary N) is 3. The normalized spacial score (nSPS) is 19.3. The molecule has 0 saturated carbocycles. The molecular formula is C16H12N4O3S. The highest BCUT2D eigenvalue weighted by atomic mass is 32.1. The predicted molar refractivity (Wildman–Crippen MR) is 87.5 cm³/mol. The fourth-order valence-electron chi connectivity index (χ4n) is 2.41. The van der Waals surface area contributed by atoms with E-state index in [9.17, 15) is 14.4 Å². The maximum atomic E-state index is 12.3. The molecule has 1 aliphatic heterocycles. The van der Waals surface area contributed by atoms with Crippen molar-refractivity contribution in [3.63, 3.8) is 0 Å². The Kier molecular flexibility index (Phi) is 3.79. The molecule has 3 rings (SSSR count). The van der Waals surface area contributed by atoms with Crippen molar-refractivity contribution in [2.75, 3.05) is 5.32 Å². The zero-order chi connectivity index (χ0) is 17.3. The molecule has 7 nitrogen and oxygen atoms in total. The lowest BCUT2D eigenvalue weighted by Gasteiger charge is -2.21. The van der Waals surface area contributed by atoms with E-state index in [1.807, 2.05) is 6.07 Å². The average Bonchev–Trinajstić information content (AvgIpc) is 3.12. The van der Waals surface area contributed by atoms with Gasteiger partial charge in [-0.1, -0.05) is 12.1 Å². The van der Waals surface area contributed by atoms with Crippen molar-refractivity contribution >= 4 is 34.9 Å². The largest absolute Gasteiger partial charge is 0.322 e. The maximum Gasteiger partial charge on any atom is 0.322 e. The number of nitrogens with zero attached hydrogens (tertiary/aromatic N) is 1. The third-order valence-electron chi connectivity index (χ3n) is 3.77. The molecule has 24 heavy (non-hydrogen) atoms. The molecule has 1 unspecified atom stereocenters. The number of thiophene rings is 1. The Hall–Kier alpha value is -3.18. The van der Waals surface area contributed by atoms with Gasteiger partial charge in [-0.05, 0) is 24.6 Å². The van der Waals surface area contributed by atoms with Crippen LogP contribution in [0.25, 0.3) is 0 Å². The van der Waals surface area contributed by atoms with Gasteiger partial charge in [0.05, 0.1) is 11.1 Å². The van der Waals surface area contributed by atoms with Crippen LogP contribution in [-0.4, -0.2) is 17.8 Å². The minimum absolute atomic E-state index is 0.297. The van der Waals surface area contributed by atoms with Crippen LogP contribution in [0.5, 0.6) is 0 Å². The molecular weight excluding hydrogens is 328 g/mol.